The van der Waals surface area contributed by atoms with Crippen LogP contribution in [-0.2, 0) is 18.3 Å². The van der Waals surface area contributed by atoms with Crippen molar-refractivity contribution in [3.8, 4) is 0 Å². The van der Waals surface area contributed by atoms with E-state index in [1.54, 1.807) is 0 Å². The van der Waals surface area contributed by atoms with Crippen molar-refractivity contribution in [3.63, 3.8) is 0 Å². The summed E-state index contributed by atoms with van der Waals surface area (Å²) in [5.74, 6) is -0.921. The van der Waals surface area contributed by atoms with Gasteiger partial charge in [0.15, 0.2) is 0 Å². The first-order valence-electron chi connectivity index (χ1n) is 9.51. The van der Waals surface area contributed by atoms with E-state index in [0.717, 1.165) is 35.0 Å². The molecule has 5 heteroatoms. The van der Waals surface area contributed by atoms with Crippen LogP contribution < -0.4 is 0 Å². The minimum absolute atomic E-state index is 0.0639. The summed E-state index contributed by atoms with van der Waals surface area (Å²) >= 11 is 6.21. The maximum atomic E-state index is 11.0. The van der Waals surface area contributed by atoms with Crippen molar-refractivity contribution in [1.82, 2.24) is 4.57 Å². The van der Waals surface area contributed by atoms with E-state index in [1.165, 1.54) is 19.3 Å². The second kappa shape index (κ2) is 9.43. The number of carbonyl (C=O) groups is 1. The Morgan fingerprint density at radius 1 is 1.27 bits per heavy atom. The lowest BCUT2D eigenvalue weighted by Crippen LogP contribution is -2.11. The molecule has 0 aliphatic rings. The fourth-order valence-corrected chi connectivity index (χ4v) is 3.94. The SMILES string of the molecule is CCCCCCc1c([C@@H](O)C[C@@H](C)CC(=O)O)c2cc(Cl)ccc2n1C. The minimum Gasteiger partial charge on any atom is -0.481 e. The average Bonchev–Trinajstić information content (AvgIpc) is 2.82. The zero-order valence-corrected chi connectivity index (χ0v) is 16.7. The van der Waals surface area contributed by atoms with Gasteiger partial charge in [0.2, 0.25) is 0 Å². The number of carboxylic acids is 1. The van der Waals surface area contributed by atoms with Crippen LogP contribution in [0.5, 0.6) is 0 Å². The molecule has 0 fully saturated rings. The number of aryl methyl sites for hydroxylation is 1. The quantitative estimate of drug-likeness (QED) is 0.536. The first kappa shape index (κ1) is 20.8. The Kier molecular flexibility index (Phi) is 7.54. The molecule has 2 atom stereocenters. The van der Waals surface area contributed by atoms with Gasteiger partial charge in [-0.25, -0.2) is 0 Å². The van der Waals surface area contributed by atoms with Gasteiger partial charge in [-0.3, -0.25) is 4.79 Å². The number of benzene rings is 1. The Bertz CT molecular complexity index is 753. The number of aromatic nitrogens is 1. The molecule has 0 aliphatic heterocycles. The van der Waals surface area contributed by atoms with E-state index >= 15 is 0 Å². The number of aliphatic hydroxyl groups is 1. The molecule has 4 nitrogen and oxygen atoms in total. The highest BCUT2D eigenvalue weighted by atomic mass is 35.5. The van der Waals surface area contributed by atoms with Gasteiger partial charge < -0.3 is 14.8 Å². The van der Waals surface area contributed by atoms with Crippen LogP contribution in [0.4, 0.5) is 0 Å². The summed E-state index contributed by atoms with van der Waals surface area (Å²) in [7, 11) is 2.03. The van der Waals surface area contributed by atoms with Crippen LogP contribution in [0.2, 0.25) is 5.02 Å². The molecule has 0 unspecified atom stereocenters. The highest BCUT2D eigenvalue weighted by Crippen LogP contribution is 2.36. The number of fused-ring (bicyclic) bond motifs is 1. The fourth-order valence-electron chi connectivity index (χ4n) is 3.77. The summed E-state index contributed by atoms with van der Waals surface area (Å²) in [5.41, 5.74) is 3.10. The summed E-state index contributed by atoms with van der Waals surface area (Å²) in [6.07, 6.45) is 5.36. The van der Waals surface area contributed by atoms with Gasteiger partial charge in [0.25, 0.3) is 0 Å². The Balaban J connectivity index is 2.36. The molecule has 144 valence electrons. The van der Waals surface area contributed by atoms with E-state index in [-0.39, 0.29) is 12.3 Å². The van der Waals surface area contributed by atoms with Gasteiger partial charge in [-0.2, -0.15) is 0 Å². The highest BCUT2D eigenvalue weighted by Gasteiger charge is 2.23. The molecular formula is C21H30ClNO3. The summed E-state index contributed by atoms with van der Waals surface area (Å²) < 4.78 is 2.15. The van der Waals surface area contributed by atoms with E-state index in [4.69, 9.17) is 16.7 Å². The summed E-state index contributed by atoms with van der Waals surface area (Å²) in [5, 5.41) is 21.6. The highest BCUT2D eigenvalue weighted by molar-refractivity contribution is 6.31. The predicted octanol–water partition coefficient (Wildman–Crippen LogP) is 5.49. The number of hydrogen-bond acceptors (Lipinski definition) is 2. The van der Waals surface area contributed by atoms with Crippen LogP contribution in [0, 0.1) is 5.92 Å². The largest absolute Gasteiger partial charge is 0.481 e. The molecule has 1 heterocycles. The molecule has 0 aliphatic carbocycles. The van der Waals surface area contributed by atoms with Crippen molar-refractivity contribution < 1.29 is 15.0 Å². The lowest BCUT2D eigenvalue weighted by atomic mass is 9.93. The molecule has 0 saturated carbocycles. The van der Waals surface area contributed by atoms with Gasteiger partial charge >= 0.3 is 5.97 Å². The van der Waals surface area contributed by atoms with Crippen molar-refractivity contribution >= 4 is 28.5 Å². The zero-order valence-electron chi connectivity index (χ0n) is 16.0. The lowest BCUT2D eigenvalue weighted by molar-refractivity contribution is -0.138. The van der Waals surface area contributed by atoms with Crippen LogP contribution in [0.25, 0.3) is 10.9 Å². The second-order valence-electron chi connectivity index (χ2n) is 7.35. The third-order valence-corrected chi connectivity index (χ3v) is 5.31. The third-order valence-electron chi connectivity index (χ3n) is 5.07. The minimum atomic E-state index is -0.828. The van der Waals surface area contributed by atoms with Gasteiger partial charge in [0.05, 0.1) is 6.10 Å². The molecule has 2 aromatic rings. The van der Waals surface area contributed by atoms with Crippen molar-refractivity contribution in [2.75, 3.05) is 0 Å². The van der Waals surface area contributed by atoms with Crippen molar-refractivity contribution in [3.05, 3.63) is 34.5 Å². The molecule has 0 bridgehead atoms. The van der Waals surface area contributed by atoms with Crippen molar-refractivity contribution in [2.45, 2.75) is 64.9 Å². The maximum Gasteiger partial charge on any atom is 0.303 e. The molecule has 0 spiro atoms. The Morgan fingerprint density at radius 2 is 2.00 bits per heavy atom. The third kappa shape index (κ3) is 5.01. The smallest absolute Gasteiger partial charge is 0.303 e. The zero-order chi connectivity index (χ0) is 19.3. The maximum absolute atomic E-state index is 11.0. The Hall–Kier alpha value is -1.52. The fraction of sp³-hybridized carbons (Fsp3) is 0.571. The van der Waals surface area contributed by atoms with Gasteiger partial charge in [0, 0.05) is 40.7 Å². The topological polar surface area (TPSA) is 62.5 Å². The number of aliphatic hydroxyl groups excluding tert-OH is 1. The van der Waals surface area contributed by atoms with Crippen molar-refractivity contribution in [2.24, 2.45) is 13.0 Å². The summed E-state index contributed by atoms with van der Waals surface area (Å²) in [4.78, 5) is 11.0. The number of carboxylic acid groups (broad SMARTS) is 1. The second-order valence-corrected chi connectivity index (χ2v) is 7.78. The summed E-state index contributed by atoms with van der Waals surface area (Å²) in [6.45, 7) is 4.06. The van der Waals surface area contributed by atoms with Crippen LogP contribution in [-0.4, -0.2) is 20.7 Å². The molecule has 1 aromatic heterocycles. The van der Waals surface area contributed by atoms with Gasteiger partial charge in [-0.1, -0.05) is 44.7 Å². The number of rotatable bonds is 10. The first-order valence-corrected chi connectivity index (χ1v) is 9.89. The van der Waals surface area contributed by atoms with E-state index in [9.17, 15) is 9.90 Å². The lowest BCUT2D eigenvalue weighted by Gasteiger charge is -2.17. The molecule has 0 radical (unpaired) electrons. The van der Waals surface area contributed by atoms with Gasteiger partial charge in [-0.15, -0.1) is 0 Å². The number of aliphatic carboxylic acids is 1. The Labute approximate surface area is 160 Å². The molecule has 2 rings (SSSR count). The van der Waals surface area contributed by atoms with E-state index in [0.29, 0.717) is 11.4 Å². The number of unbranched alkanes of at least 4 members (excludes halogenated alkanes) is 3. The molecule has 0 amide bonds. The van der Waals surface area contributed by atoms with Gasteiger partial charge in [0.1, 0.15) is 0 Å². The van der Waals surface area contributed by atoms with E-state index in [2.05, 4.69) is 11.5 Å². The normalized spacial score (nSPS) is 13.9. The standard InChI is InChI=1S/C21H30ClNO3/c1-4-5-6-7-8-18-21(19(24)11-14(2)12-20(25)26)16-13-15(22)9-10-17(16)23(18)3/h9-10,13-14,19,24H,4-8,11-12H2,1-3H3,(H,25,26)/t14-,19+/m1/s1. The molecule has 2 N–H and O–H groups in total. The average molecular weight is 380 g/mol. The Morgan fingerprint density at radius 3 is 2.65 bits per heavy atom. The molecule has 1 aromatic carbocycles. The molecule has 26 heavy (non-hydrogen) atoms. The van der Waals surface area contributed by atoms with Crippen LogP contribution >= 0.6 is 11.6 Å². The van der Waals surface area contributed by atoms with Crippen molar-refractivity contribution in [1.29, 1.82) is 0 Å². The summed E-state index contributed by atoms with van der Waals surface area (Å²) in [6, 6.07) is 5.77. The molecule has 0 saturated heterocycles. The molecular weight excluding hydrogens is 350 g/mol. The monoisotopic (exact) mass is 379 g/mol. The number of hydrogen-bond donors (Lipinski definition) is 2. The number of halogens is 1. The van der Waals surface area contributed by atoms with E-state index in [1.807, 2.05) is 32.2 Å². The van der Waals surface area contributed by atoms with Crippen LogP contribution in [0.1, 0.15) is 69.7 Å². The predicted molar refractivity (Wildman–Crippen MR) is 107 cm³/mol. The van der Waals surface area contributed by atoms with Gasteiger partial charge in [-0.05, 0) is 43.4 Å². The van der Waals surface area contributed by atoms with Crippen LogP contribution in [0.15, 0.2) is 18.2 Å². The van der Waals surface area contributed by atoms with Crippen LogP contribution in [0.3, 0.4) is 0 Å². The van der Waals surface area contributed by atoms with E-state index < -0.39 is 12.1 Å². The first-order chi connectivity index (χ1) is 12.3. The number of nitrogens with zero attached hydrogens (tertiary/aromatic N) is 1.